The van der Waals surface area contributed by atoms with Crippen LogP contribution in [-0.2, 0) is 0 Å². The molecule has 10 heteroatoms. The molecule has 0 saturated heterocycles. The van der Waals surface area contributed by atoms with Gasteiger partial charge < -0.3 is 14.8 Å². The van der Waals surface area contributed by atoms with E-state index < -0.39 is 5.92 Å². The third kappa shape index (κ3) is 3.43. The number of nitrogens with zero attached hydrogens (tertiary/aromatic N) is 7. The number of rotatable bonds is 5. The Bertz CT molecular complexity index is 1340. The average Bonchev–Trinajstić information content (AvgIpc) is 3.27. The predicted octanol–water partition coefficient (Wildman–Crippen LogP) is 3.92. The Kier molecular flexibility index (Phi) is 4.45. The Labute approximate surface area is 189 Å². The van der Waals surface area contributed by atoms with E-state index in [-0.39, 0.29) is 18.9 Å². The highest BCUT2D eigenvalue weighted by atomic mass is 19.3. The van der Waals surface area contributed by atoms with E-state index in [4.69, 9.17) is 0 Å². The number of hydrogen-bond donors (Lipinski definition) is 1. The molecule has 4 aromatic heterocycles. The van der Waals surface area contributed by atoms with E-state index in [1.54, 1.807) is 6.20 Å². The maximum Gasteiger partial charge on any atom is 0.252 e. The van der Waals surface area contributed by atoms with E-state index in [1.165, 1.54) is 0 Å². The first-order valence-electron chi connectivity index (χ1n) is 11.3. The summed E-state index contributed by atoms with van der Waals surface area (Å²) in [4.78, 5) is 15.8. The van der Waals surface area contributed by atoms with E-state index in [0.717, 1.165) is 35.0 Å². The van der Waals surface area contributed by atoms with E-state index in [2.05, 4.69) is 44.4 Å². The molecule has 2 saturated carbocycles. The fraction of sp³-hybridized carbons (Fsp3) is 0.478. The van der Waals surface area contributed by atoms with Crippen molar-refractivity contribution in [3.63, 3.8) is 0 Å². The summed E-state index contributed by atoms with van der Waals surface area (Å²) in [5, 5.41) is 8.04. The number of pyridine rings is 1. The molecule has 6 rings (SSSR count). The molecule has 4 heterocycles. The fourth-order valence-electron chi connectivity index (χ4n) is 5.03. The molecule has 2 fully saturated rings. The van der Waals surface area contributed by atoms with Crippen molar-refractivity contribution < 1.29 is 8.78 Å². The van der Waals surface area contributed by atoms with Gasteiger partial charge in [-0.25, -0.2) is 28.2 Å². The van der Waals surface area contributed by atoms with Crippen LogP contribution in [0.2, 0.25) is 0 Å². The number of alkyl halides is 2. The normalized spacial score (nSPS) is 22.6. The van der Waals surface area contributed by atoms with Crippen molar-refractivity contribution in [2.24, 2.45) is 0 Å². The minimum absolute atomic E-state index is 0.154. The SMILES string of the molecule is Cc1nc2ncc(-c3ccn4nc(N[C@H]5C[C@@H](N(C)C)C5)ncc34)cc2n1C1CC(F)(F)C1. The first-order chi connectivity index (χ1) is 15.8. The minimum atomic E-state index is -2.59. The second-order valence-corrected chi connectivity index (χ2v) is 9.58. The molecule has 0 radical (unpaired) electrons. The van der Waals surface area contributed by atoms with Gasteiger partial charge in [-0.2, -0.15) is 0 Å². The Morgan fingerprint density at radius 1 is 1.12 bits per heavy atom. The number of fused-ring (bicyclic) bond motifs is 2. The van der Waals surface area contributed by atoms with Gasteiger partial charge in [0.25, 0.3) is 5.92 Å². The molecular weight excluding hydrogens is 426 g/mol. The van der Waals surface area contributed by atoms with Crippen LogP contribution in [0.4, 0.5) is 14.7 Å². The van der Waals surface area contributed by atoms with Crippen LogP contribution in [0.3, 0.4) is 0 Å². The van der Waals surface area contributed by atoms with E-state index in [0.29, 0.717) is 29.5 Å². The van der Waals surface area contributed by atoms with Crippen LogP contribution in [0.1, 0.15) is 37.5 Å². The van der Waals surface area contributed by atoms with Gasteiger partial charge in [-0.3, -0.25) is 0 Å². The zero-order valence-electron chi connectivity index (χ0n) is 18.8. The zero-order chi connectivity index (χ0) is 22.9. The van der Waals surface area contributed by atoms with Crippen molar-refractivity contribution in [2.45, 2.75) is 56.7 Å². The molecular formula is C23H26F2N8. The van der Waals surface area contributed by atoms with Crippen molar-refractivity contribution in [2.75, 3.05) is 19.4 Å². The summed E-state index contributed by atoms with van der Waals surface area (Å²) in [6.07, 6.45) is 7.34. The molecule has 1 N–H and O–H groups in total. The van der Waals surface area contributed by atoms with Crippen molar-refractivity contribution in [1.29, 1.82) is 0 Å². The standard InChI is InChI=1S/C23H26F2N8/c1-13-28-21-19(33(13)17-9-23(24,25)10-17)6-14(11-26-21)18-4-5-32-20(18)12-27-22(30-32)29-15-7-16(8-15)31(2)3/h4-6,11-12,15-17H,7-10H2,1-3H3,(H,29,30)/t15-,16+. The lowest BCUT2D eigenvalue weighted by Gasteiger charge is -2.39. The second kappa shape index (κ2) is 7.18. The number of halogens is 2. The quantitative estimate of drug-likeness (QED) is 0.495. The lowest BCUT2D eigenvalue weighted by Crippen LogP contribution is -2.47. The third-order valence-electron chi connectivity index (χ3n) is 7.06. The van der Waals surface area contributed by atoms with E-state index >= 15 is 0 Å². The molecule has 0 aromatic carbocycles. The van der Waals surface area contributed by atoms with Crippen molar-refractivity contribution in [3.05, 3.63) is 36.5 Å². The molecule has 0 spiro atoms. The van der Waals surface area contributed by atoms with Gasteiger partial charge in [-0.15, -0.1) is 5.10 Å². The van der Waals surface area contributed by atoms with Gasteiger partial charge in [0, 0.05) is 54.5 Å². The molecule has 172 valence electrons. The summed E-state index contributed by atoms with van der Waals surface area (Å²) >= 11 is 0. The van der Waals surface area contributed by atoms with Gasteiger partial charge in [0.15, 0.2) is 5.65 Å². The maximum absolute atomic E-state index is 13.5. The zero-order valence-corrected chi connectivity index (χ0v) is 18.8. The summed E-state index contributed by atoms with van der Waals surface area (Å²) in [6, 6.07) is 4.71. The van der Waals surface area contributed by atoms with Crippen LogP contribution in [0.25, 0.3) is 27.8 Å². The number of imidazole rings is 1. The Balaban J connectivity index is 1.29. The van der Waals surface area contributed by atoms with Crippen LogP contribution in [0.5, 0.6) is 0 Å². The van der Waals surface area contributed by atoms with Gasteiger partial charge in [0.05, 0.1) is 17.2 Å². The van der Waals surface area contributed by atoms with Crippen molar-refractivity contribution in [1.82, 2.24) is 34.0 Å². The molecule has 0 bridgehead atoms. The molecule has 0 amide bonds. The second-order valence-electron chi connectivity index (χ2n) is 9.58. The average molecular weight is 453 g/mol. The molecule has 2 aliphatic carbocycles. The molecule has 0 unspecified atom stereocenters. The third-order valence-corrected chi connectivity index (χ3v) is 7.06. The number of aryl methyl sites for hydroxylation is 1. The monoisotopic (exact) mass is 452 g/mol. The van der Waals surface area contributed by atoms with Crippen LogP contribution < -0.4 is 5.32 Å². The van der Waals surface area contributed by atoms with Gasteiger partial charge in [0.1, 0.15) is 5.82 Å². The number of nitrogens with one attached hydrogen (secondary N) is 1. The smallest absolute Gasteiger partial charge is 0.252 e. The predicted molar refractivity (Wildman–Crippen MR) is 122 cm³/mol. The Hall–Kier alpha value is -3.14. The minimum Gasteiger partial charge on any atom is -0.350 e. The van der Waals surface area contributed by atoms with Crippen LogP contribution in [-0.4, -0.2) is 66.1 Å². The van der Waals surface area contributed by atoms with E-state index in [1.807, 2.05) is 40.5 Å². The van der Waals surface area contributed by atoms with Gasteiger partial charge in [-0.1, -0.05) is 0 Å². The first kappa shape index (κ1) is 20.5. The number of hydrogen-bond acceptors (Lipinski definition) is 6. The Morgan fingerprint density at radius 3 is 2.64 bits per heavy atom. The van der Waals surface area contributed by atoms with Gasteiger partial charge in [0.2, 0.25) is 5.95 Å². The fourth-order valence-corrected chi connectivity index (χ4v) is 5.03. The molecule has 4 aromatic rings. The van der Waals surface area contributed by atoms with Crippen molar-refractivity contribution in [3.8, 4) is 11.1 Å². The molecule has 2 aliphatic rings. The van der Waals surface area contributed by atoms with Crippen LogP contribution in [0.15, 0.2) is 30.7 Å². The summed E-state index contributed by atoms with van der Waals surface area (Å²) in [5.41, 5.74) is 4.05. The summed E-state index contributed by atoms with van der Waals surface area (Å²) in [7, 11) is 4.21. The van der Waals surface area contributed by atoms with Crippen molar-refractivity contribution >= 4 is 22.6 Å². The summed E-state index contributed by atoms with van der Waals surface area (Å²) < 4.78 is 30.7. The van der Waals surface area contributed by atoms with Gasteiger partial charge >= 0.3 is 0 Å². The molecule has 0 aliphatic heterocycles. The highest BCUT2D eigenvalue weighted by Gasteiger charge is 2.47. The first-order valence-corrected chi connectivity index (χ1v) is 11.3. The van der Waals surface area contributed by atoms with E-state index in [9.17, 15) is 8.78 Å². The highest BCUT2D eigenvalue weighted by molar-refractivity contribution is 5.85. The van der Waals surface area contributed by atoms with Crippen LogP contribution in [0, 0.1) is 6.92 Å². The molecule has 0 atom stereocenters. The number of anilines is 1. The molecule has 8 nitrogen and oxygen atoms in total. The Morgan fingerprint density at radius 2 is 1.91 bits per heavy atom. The van der Waals surface area contributed by atoms with Gasteiger partial charge in [-0.05, 0) is 46.0 Å². The maximum atomic E-state index is 13.5. The lowest BCUT2D eigenvalue weighted by molar-refractivity contribution is -0.103. The summed E-state index contributed by atoms with van der Waals surface area (Å²) in [6.45, 7) is 1.84. The molecule has 33 heavy (non-hydrogen) atoms. The largest absolute Gasteiger partial charge is 0.350 e. The summed E-state index contributed by atoms with van der Waals surface area (Å²) in [5.74, 6) is -1.27. The van der Waals surface area contributed by atoms with Crippen LogP contribution >= 0.6 is 0 Å². The number of aromatic nitrogens is 6. The highest BCUT2D eigenvalue weighted by Crippen LogP contribution is 2.47. The lowest BCUT2D eigenvalue weighted by atomic mass is 9.86. The topological polar surface area (TPSA) is 76.2 Å².